The molecule has 0 heterocycles. The number of nitrogens with zero attached hydrogens (tertiary/aromatic N) is 6. The summed E-state index contributed by atoms with van der Waals surface area (Å²) in [5.74, 6) is -0.180. The Hall–Kier alpha value is -6.22. The number of aromatic hydroxyl groups is 1. The van der Waals surface area contributed by atoms with E-state index in [0.717, 1.165) is 46.0 Å². The molecule has 0 amide bonds. The molecule has 9 nitrogen and oxygen atoms in total. The molecule has 0 aliphatic carbocycles. The summed E-state index contributed by atoms with van der Waals surface area (Å²) in [6.45, 7) is 8.01. The first-order valence-electron chi connectivity index (χ1n) is 16.2. The molecule has 49 heavy (non-hydrogen) atoms. The highest BCUT2D eigenvalue weighted by molar-refractivity contribution is 6.02. The van der Waals surface area contributed by atoms with Crippen molar-refractivity contribution in [1.29, 1.82) is 0 Å². The van der Waals surface area contributed by atoms with Crippen LogP contribution in [0.3, 0.4) is 0 Å². The second kappa shape index (κ2) is 15.1. The maximum Gasteiger partial charge on any atom is 0.338 e. The number of carbonyl (C=O) groups is 1. The van der Waals surface area contributed by atoms with Crippen molar-refractivity contribution in [3.63, 3.8) is 0 Å². The van der Waals surface area contributed by atoms with Crippen LogP contribution < -0.4 is 4.90 Å². The highest BCUT2D eigenvalue weighted by Gasteiger charge is 2.10. The third kappa shape index (κ3) is 7.36. The van der Waals surface area contributed by atoms with E-state index in [1.54, 1.807) is 43.5 Å². The van der Waals surface area contributed by atoms with Gasteiger partial charge in [0.25, 0.3) is 0 Å². The van der Waals surface area contributed by atoms with Crippen LogP contribution in [0.15, 0.2) is 141 Å². The largest absolute Gasteiger partial charge is 0.507 e. The van der Waals surface area contributed by atoms with E-state index < -0.39 is 0 Å². The molecule has 0 unspecified atom stereocenters. The van der Waals surface area contributed by atoms with E-state index in [1.807, 2.05) is 84.9 Å². The standard InChI is InChI=1S/C40H36N6O3/c1-4-46(5-2)30-20-17-28(39(47)25-30)26-41-35-21-22-37(32-12-8-7-11-31(32)35)44-45-38-24-23-36(33-13-9-10-14-34(33)38)43-42-29-18-15-27(16-19-29)40(48)49-6-3/h7-26,47H,4-6H2,1-3H3. The molecule has 6 aromatic carbocycles. The van der Waals surface area contributed by atoms with Crippen molar-refractivity contribution in [2.24, 2.45) is 25.4 Å². The molecule has 0 radical (unpaired) electrons. The van der Waals surface area contributed by atoms with Gasteiger partial charge in [-0.3, -0.25) is 4.99 Å². The minimum atomic E-state index is -0.368. The summed E-state index contributed by atoms with van der Waals surface area (Å²) in [4.78, 5) is 18.9. The van der Waals surface area contributed by atoms with Gasteiger partial charge in [-0.15, -0.1) is 15.3 Å². The van der Waals surface area contributed by atoms with Gasteiger partial charge in [-0.25, -0.2) is 4.79 Å². The van der Waals surface area contributed by atoms with Crippen LogP contribution in [0.25, 0.3) is 21.5 Å². The molecule has 0 saturated heterocycles. The molecule has 0 atom stereocenters. The van der Waals surface area contributed by atoms with Gasteiger partial charge in [-0.2, -0.15) is 5.11 Å². The van der Waals surface area contributed by atoms with Gasteiger partial charge in [0.2, 0.25) is 0 Å². The van der Waals surface area contributed by atoms with Crippen LogP contribution in [0.4, 0.5) is 34.1 Å². The SMILES string of the molecule is CCOC(=O)c1ccc(N=Nc2ccc(N=Nc3ccc(N=Cc4ccc(N(CC)CC)cc4O)c4ccccc34)c3ccccc23)cc1. The average molecular weight is 649 g/mol. The second-order valence-corrected chi connectivity index (χ2v) is 11.1. The zero-order valence-corrected chi connectivity index (χ0v) is 27.6. The maximum atomic E-state index is 12.0. The molecule has 244 valence electrons. The zero-order valence-electron chi connectivity index (χ0n) is 27.6. The van der Waals surface area contributed by atoms with E-state index >= 15 is 0 Å². The number of phenolic OH excluding ortho intramolecular Hbond substituents is 1. The number of esters is 1. The van der Waals surface area contributed by atoms with Crippen LogP contribution in [0.5, 0.6) is 5.75 Å². The molecule has 6 aromatic rings. The van der Waals surface area contributed by atoms with E-state index in [4.69, 9.17) is 9.73 Å². The number of fused-ring (bicyclic) bond motifs is 2. The summed E-state index contributed by atoms with van der Waals surface area (Å²) < 4.78 is 5.05. The van der Waals surface area contributed by atoms with Crippen LogP contribution in [-0.4, -0.2) is 37.0 Å². The summed E-state index contributed by atoms with van der Waals surface area (Å²) in [5.41, 5.74) is 5.56. The van der Waals surface area contributed by atoms with Gasteiger partial charge < -0.3 is 14.7 Å². The summed E-state index contributed by atoms with van der Waals surface area (Å²) in [6.07, 6.45) is 1.69. The fourth-order valence-corrected chi connectivity index (χ4v) is 5.57. The Labute approximate surface area is 285 Å². The smallest absolute Gasteiger partial charge is 0.338 e. The van der Waals surface area contributed by atoms with Crippen molar-refractivity contribution in [2.75, 3.05) is 24.6 Å². The Morgan fingerprint density at radius 3 is 1.67 bits per heavy atom. The summed E-state index contributed by atoms with van der Waals surface area (Å²) in [7, 11) is 0. The van der Waals surface area contributed by atoms with Gasteiger partial charge in [0.15, 0.2) is 0 Å². The molecule has 0 bridgehead atoms. The molecular weight excluding hydrogens is 612 g/mol. The lowest BCUT2D eigenvalue weighted by Crippen LogP contribution is -2.21. The molecule has 0 aromatic heterocycles. The van der Waals surface area contributed by atoms with Gasteiger partial charge in [-0.05, 0) is 81.4 Å². The summed E-state index contributed by atoms with van der Waals surface area (Å²) >= 11 is 0. The third-order valence-corrected chi connectivity index (χ3v) is 8.16. The molecule has 0 saturated carbocycles. The van der Waals surface area contributed by atoms with Crippen molar-refractivity contribution in [3.8, 4) is 5.75 Å². The Kier molecular flexibility index (Phi) is 10.1. The second-order valence-electron chi connectivity index (χ2n) is 11.1. The van der Waals surface area contributed by atoms with E-state index in [-0.39, 0.29) is 11.7 Å². The Balaban J connectivity index is 1.25. The topological polar surface area (TPSA) is 112 Å². The fraction of sp³-hybridized carbons (Fsp3) is 0.150. The molecule has 0 aliphatic heterocycles. The van der Waals surface area contributed by atoms with Crippen molar-refractivity contribution in [1.82, 2.24) is 0 Å². The van der Waals surface area contributed by atoms with Gasteiger partial charge in [0, 0.05) is 58.2 Å². The first kappa shape index (κ1) is 32.7. The molecule has 0 fully saturated rings. The van der Waals surface area contributed by atoms with E-state index in [1.165, 1.54) is 0 Å². The molecule has 1 N–H and O–H groups in total. The van der Waals surface area contributed by atoms with Gasteiger partial charge >= 0.3 is 5.97 Å². The van der Waals surface area contributed by atoms with Gasteiger partial charge in [-0.1, -0.05) is 48.5 Å². The lowest BCUT2D eigenvalue weighted by atomic mass is 10.1. The fourth-order valence-electron chi connectivity index (χ4n) is 5.57. The van der Waals surface area contributed by atoms with Crippen molar-refractivity contribution < 1.29 is 14.6 Å². The molecule has 0 spiro atoms. The molecule has 9 heteroatoms. The molecular formula is C40H36N6O3. The number of hydrogen-bond acceptors (Lipinski definition) is 9. The molecule has 0 aliphatic rings. The third-order valence-electron chi connectivity index (χ3n) is 8.16. The number of benzene rings is 6. The number of anilines is 1. The van der Waals surface area contributed by atoms with E-state index in [9.17, 15) is 9.90 Å². The maximum absolute atomic E-state index is 12.0. The van der Waals surface area contributed by atoms with Crippen LogP contribution in [0.2, 0.25) is 0 Å². The first-order chi connectivity index (χ1) is 24.0. The highest BCUT2D eigenvalue weighted by atomic mass is 16.5. The predicted molar refractivity (Wildman–Crippen MR) is 198 cm³/mol. The van der Waals surface area contributed by atoms with E-state index in [2.05, 4.69) is 39.2 Å². The number of azo groups is 2. The summed E-state index contributed by atoms with van der Waals surface area (Å²) in [5, 5.41) is 32.5. The lowest BCUT2D eigenvalue weighted by molar-refractivity contribution is 0.0526. The highest BCUT2D eigenvalue weighted by Crippen LogP contribution is 2.38. The van der Waals surface area contributed by atoms with Gasteiger partial charge in [0.05, 0.1) is 40.6 Å². The average Bonchev–Trinajstić information content (AvgIpc) is 3.14. The van der Waals surface area contributed by atoms with Gasteiger partial charge in [0.1, 0.15) is 5.75 Å². The number of carbonyl (C=O) groups excluding carboxylic acids is 1. The van der Waals surface area contributed by atoms with Crippen LogP contribution in [0.1, 0.15) is 36.7 Å². The summed E-state index contributed by atoms with van der Waals surface area (Å²) in [6, 6.07) is 35.8. The first-order valence-corrected chi connectivity index (χ1v) is 16.2. The normalized spacial score (nSPS) is 11.7. The number of hydrogen-bond donors (Lipinski definition) is 1. The van der Waals surface area contributed by atoms with Crippen molar-refractivity contribution in [2.45, 2.75) is 20.8 Å². The number of aliphatic imine (C=N–C) groups is 1. The number of phenols is 1. The van der Waals surface area contributed by atoms with Crippen LogP contribution in [-0.2, 0) is 4.74 Å². The van der Waals surface area contributed by atoms with Crippen LogP contribution in [0, 0.1) is 0 Å². The number of ether oxygens (including phenoxy) is 1. The predicted octanol–water partition coefficient (Wildman–Crippen LogP) is 11.3. The lowest BCUT2D eigenvalue weighted by Gasteiger charge is -2.21. The zero-order chi connectivity index (χ0) is 34.2. The van der Waals surface area contributed by atoms with Crippen molar-refractivity contribution >= 4 is 67.9 Å². The van der Waals surface area contributed by atoms with Crippen molar-refractivity contribution in [3.05, 3.63) is 126 Å². The quantitative estimate of drug-likeness (QED) is 0.0855. The Morgan fingerprint density at radius 2 is 1.16 bits per heavy atom. The Bertz CT molecular complexity index is 2210. The minimum absolute atomic E-state index is 0.187. The number of rotatable bonds is 11. The minimum Gasteiger partial charge on any atom is -0.507 e. The van der Waals surface area contributed by atoms with Crippen LogP contribution >= 0.6 is 0 Å². The monoisotopic (exact) mass is 648 g/mol. The Morgan fingerprint density at radius 1 is 0.653 bits per heavy atom. The molecule has 6 rings (SSSR count). The van der Waals surface area contributed by atoms with E-state index in [0.29, 0.717) is 40.5 Å².